The van der Waals surface area contributed by atoms with Gasteiger partial charge in [-0.2, -0.15) is 0 Å². The molecule has 2 aromatic rings. The van der Waals surface area contributed by atoms with Crippen LogP contribution in [-0.4, -0.2) is 18.3 Å². The number of benzene rings is 2. The summed E-state index contributed by atoms with van der Waals surface area (Å²) >= 11 is 4.93. The van der Waals surface area contributed by atoms with Gasteiger partial charge in [0.15, 0.2) is 0 Å². The maximum Gasteiger partial charge on any atom is 0.237 e. The summed E-state index contributed by atoms with van der Waals surface area (Å²) in [6, 6.07) is 15.2. The molecule has 1 amide bonds. The third-order valence-electron chi connectivity index (χ3n) is 2.85. The Balaban J connectivity index is 1.93. The first-order valence-electron chi connectivity index (χ1n) is 6.45. The van der Waals surface area contributed by atoms with Gasteiger partial charge in [0.2, 0.25) is 5.91 Å². The van der Waals surface area contributed by atoms with Crippen LogP contribution in [-0.2, 0) is 4.79 Å². The summed E-state index contributed by atoms with van der Waals surface area (Å²) in [5.41, 5.74) is 0.768. The number of hydrogen-bond acceptors (Lipinski definition) is 3. The normalized spacial score (nSPS) is 11.8. The third-order valence-corrected chi connectivity index (χ3v) is 4.49. The van der Waals surface area contributed by atoms with Crippen LogP contribution in [0.4, 0.5) is 5.69 Å². The first kappa shape index (κ1) is 15.9. The molecule has 110 valence electrons. The molecule has 1 atom stereocenters. The lowest BCUT2D eigenvalue weighted by atomic mass is 10.3. The summed E-state index contributed by atoms with van der Waals surface area (Å²) in [6.45, 7) is 1.89. The van der Waals surface area contributed by atoms with Crippen LogP contribution in [0.2, 0.25) is 0 Å². The van der Waals surface area contributed by atoms with Crippen LogP contribution in [0.1, 0.15) is 6.92 Å². The zero-order valence-corrected chi connectivity index (χ0v) is 14.2. The predicted molar refractivity (Wildman–Crippen MR) is 91.1 cm³/mol. The molecule has 0 aliphatic rings. The lowest BCUT2D eigenvalue weighted by Gasteiger charge is -2.12. The number of hydrogen-bond donors (Lipinski definition) is 1. The maximum atomic E-state index is 12.2. The number of rotatable bonds is 5. The third kappa shape index (κ3) is 4.79. The highest BCUT2D eigenvalue weighted by Crippen LogP contribution is 2.26. The number of carbonyl (C=O) groups excluding carboxylic acids is 1. The minimum atomic E-state index is -0.173. The predicted octanol–water partition coefficient (Wildman–Crippen LogP) is 4.58. The van der Waals surface area contributed by atoms with Crippen molar-refractivity contribution in [3.8, 4) is 5.75 Å². The zero-order valence-electron chi connectivity index (χ0n) is 11.8. The number of anilines is 1. The summed E-state index contributed by atoms with van der Waals surface area (Å²) in [6.07, 6.45) is 0. The van der Waals surface area contributed by atoms with Crippen molar-refractivity contribution < 1.29 is 9.53 Å². The van der Waals surface area contributed by atoms with Crippen molar-refractivity contribution in [2.75, 3.05) is 12.4 Å². The zero-order chi connectivity index (χ0) is 15.2. The van der Waals surface area contributed by atoms with Crippen molar-refractivity contribution in [2.24, 2.45) is 0 Å². The van der Waals surface area contributed by atoms with Crippen molar-refractivity contribution >= 4 is 39.3 Å². The van der Waals surface area contributed by atoms with Gasteiger partial charge in [-0.05, 0) is 55.5 Å². The smallest absolute Gasteiger partial charge is 0.237 e. The second-order valence-corrected chi connectivity index (χ2v) is 6.76. The van der Waals surface area contributed by atoms with Crippen LogP contribution in [0.15, 0.2) is 57.9 Å². The molecule has 0 saturated heterocycles. The minimum absolute atomic E-state index is 0.0203. The maximum absolute atomic E-state index is 12.2. The van der Waals surface area contributed by atoms with E-state index in [0.29, 0.717) is 0 Å². The molecule has 0 radical (unpaired) electrons. The summed E-state index contributed by atoms with van der Waals surface area (Å²) in [5, 5.41) is 2.73. The fourth-order valence-electron chi connectivity index (χ4n) is 1.69. The van der Waals surface area contributed by atoms with Crippen LogP contribution < -0.4 is 10.1 Å². The average molecular weight is 366 g/mol. The molecule has 3 nitrogen and oxygen atoms in total. The Labute approximate surface area is 137 Å². The van der Waals surface area contributed by atoms with E-state index in [0.717, 1.165) is 20.8 Å². The van der Waals surface area contributed by atoms with Crippen LogP contribution in [0, 0.1) is 0 Å². The monoisotopic (exact) mass is 365 g/mol. The van der Waals surface area contributed by atoms with Crippen molar-refractivity contribution in [3.63, 3.8) is 0 Å². The van der Waals surface area contributed by atoms with Crippen LogP contribution in [0.5, 0.6) is 5.75 Å². The summed E-state index contributed by atoms with van der Waals surface area (Å²) in [7, 11) is 1.62. The Morgan fingerprint density at radius 3 is 2.33 bits per heavy atom. The van der Waals surface area contributed by atoms with Crippen molar-refractivity contribution in [1.29, 1.82) is 0 Å². The molecule has 0 saturated carbocycles. The lowest BCUT2D eigenvalue weighted by molar-refractivity contribution is -0.115. The average Bonchev–Trinajstić information content (AvgIpc) is 2.50. The highest BCUT2D eigenvalue weighted by Gasteiger charge is 2.14. The molecule has 5 heteroatoms. The van der Waals surface area contributed by atoms with Gasteiger partial charge in [0, 0.05) is 15.1 Å². The van der Waals surface area contributed by atoms with Crippen molar-refractivity contribution in [2.45, 2.75) is 17.1 Å². The molecule has 0 aliphatic heterocycles. The first-order chi connectivity index (χ1) is 10.1. The Morgan fingerprint density at radius 1 is 1.14 bits per heavy atom. The second kappa shape index (κ2) is 7.52. The molecule has 0 aromatic heterocycles. The number of thioether (sulfide) groups is 1. The van der Waals surface area contributed by atoms with E-state index in [1.165, 1.54) is 11.8 Å². The summed E-state index contributed by atoms with van der Waals surface area (Å²) in [5.74, 6) is 0.748. The van der Waals surface area contributed by atoms with Crippen molar-refractivity contribution in [3.05, 3.63) is 53.0 Å². The number of nitrogens with one attached hydrogen (secondary N) is 1. The molecule has 2 aromatic carbocycles. The molecule has 0 aliphatic carbocycles. The molecule has 0 bridgehead atoms. The Hall–Kier alpha value is -1.46. The topological polar surface area (TPSA) is 38.3 Å². The van der Waals surface area contributed by atoms with Gasteiger partial charge in [-0.25, -0.2) is 0 Å². The SMILES string of the molecule is COc1ccc(NC(=O)[C@H](C)Sc2ccc(Br)cc2)cc1. The lowest BCUT2D eigenvalue weighted by Crippen LogP contribution is -2.22. The van der Waals surface area contributed by atoms with Crippen LogP contribution >= 0.6 is 27.7 Å². The van der Waals surface area contributed by atoms with E-state index in [-0.39, 0.29) is 11.2 Å². The molecule has 0 unspecified atom stereocenters. The van der Waals surface area contributed by atoms with E-state index in [4.69, 9.17) is 4.74 Å². The molecule has 21 heavy (non-hydrogen) atoms. The number of amides is 1. The molecular formula is C16H16BrNO2S. The van der Waals surface area contributed by atoms with Gasteiger partial charge < -0.3 is 10.1 Å². The van der Waals surface area contributed by atoms with Gasteiger partial charge in [0.05, 0.1) is 12.4 Å². The largest absolute Gasteiger partial charge is 0.497 e. The minimum Gasteiger partial charge on any atom is -0.497 e. The summed E-state index contributed by atoms with van der Waals surface area (Å²) < 4.78 is 6.12. The van der Waals surface area contributed by atoms with E-state index < -0.39 is 0 Å². The van der Waals surface area contributed by atoms with Crippen LogP contribution in [0.25, 0.3) is 0 Å². The highest BCUT2D eigenvalue weighted by atomic mass is 79.9. The quantitative estimate of drug-likeness (QED) is 0.788. The van der Waals surface area contributed by atoms with E-state index in [9.17, 15) is 4.79 Å². The first-order valence-corrected chi connectivity index (χ1v) is 8.13. The van der Waals surface area contributed by atoms with Crippen LogP contribution in [0.3, 0.4) is 0 Å². The number of carbonyl (C=O) groups is 1. The Bertz CT molecular complexity index is 599. The van der Waals surface area contributed by atoms with E-state index in [1.807, 2.05) is 55.5 Å². The molecular weight excluding hydrogens is 350 g/mol. The molecule has 1 N–H and O–H groups in total. The molecule has 0 fully saturated rings. The van der Waals surface area contributed by atoms with Gasteiger partial charge in [-0.15, -0.1) is 11.8 Å². The number of halogens is 1. The van der Waals surface area contributed by atoms with Gasteiger partial charge in [0.25, 0.3) is 0 Å². The fourth-order valence-corrected chi connectivity index (χ4v) is 2.82. The van der Waals surface area contributed by atoms with E-state index in [1.54, 1.807) is 7.11 Å². The second-order valence-electron chi connectivity index (χ2n) is 4.43. The van der Waals surface area contributed by atoms with E-state index >= 15 is 0 Å². The standard InChI is InChI=1S/C16H16BrNO2S/c1-11(21-15-9-3-12(17)4-10-15)16(19)18-13-5-7-14(20-2)8-6-13/h3-11H,1-2H3,(H,18,19)/t11-/m0/s1. The van der Waals surface area contributed by atoms with Gasteiger partial charge in [0.1, 0.15) is 5.75 Å². The molecule has 0 spiro atoms. The number of ether oxygens (including phenoxy) is 1. The van der Waals surface area contributed by atoms with Gasteiger partial charge >= 0.3 is 0 Å². The van der Waals surface area contributed by atoms with Gasteiger partial charge in [-0.1, -0.05) is 15.9 Å². The van der Waals surface area contributed by atoms with Crippen molar-refractivity contribution in [1.82, 2.24) is 0 Å². The summed E-state index contributed by atoms with van der Waals surface area (Å²) in [4.78, 5) is 13.2. The number of methoxy groups -OCH3 is 1. The van der Waals surface area contributed by atoms with E-state index in [2.05, 4.69) is 21.2 Å². The Morgan fingerprint density at radius 2 is 1.76 bits per heavy atom. The molecule has 2 rings (SSSR count). The Kier molecular flexibility index (Phi) is 5.70. The van der Waals surface area contributed by atoms with Gasteiger partial charge in [-0.3, -0.25) is 4.79 Å². The molecule has 0 heterocycles. The fraction of sp³-hybridized carbons (Fsp3) is 0.188. The highest BCUT2D eigenvalue weighted by molar-refractivity contribution is 9.10.